The molecule has 0 aliphatic heterocycles. The number of quaternary nitrogens is 1. The molecule has 5 heteroatoms. The van der Waals surface area contributed by atoms with Crippen LogP contribution in [0.5, 0.6) is 0 Å². The molecule has 0 radical (unpaired) electrons. The van der Waals surface area contributed by atoms with E-state index in [-0.39, 0.29) is 5.75 Å². The van der Waals surface area contributed by atoms with Crippen molar-refractivity contribution in [3.63, 3.8) is 0 Å². The lowest BCUT2D eigenvalue weighted by molar-refractivity contribution is -0.906. The summed E-state index contributed by atoms with van der Waals surface area (Å²) in [6, 6.07) is 0. The van der Waals surface area contributed by atoms with Gasteiger partial charge in [0.15, 0.2) is 0 Å². The van der Waals surface area contributed by atoms with Crippen LogP contribution in [0.2, 0.25) is 0 Å². The van der Waals surface area contributed by atoms with E-state index >= 15 is 0 Å². The molecule has 0 amide bonds. The molecule has 0 aromatic rings. The summed E-state index contributed by atoms with van der Waals surface area (Å²) >= 11 is 0. The standard InChI is InChI=1S/C12H20N.C10H22O3S/c1-5-9-13(10-6-2,11-7-3)12-8-4;1-2-3-4-5-6-7-8-9-10-14(11,12)13/h5-8H,1-4,9-12H2;2-10H2,1H3,(H,11,12,13)/q+1;. The lowest BCUT2D eigenvalue weighted by atomic mass is 10.1. The fraction of sp³-hybridized carbons (Fsp3) is 0.636. The van der Waals surface area contributed by atoms with Crippen molar-refractivity contribution < 1.29 is 17.5 Å². The van der Waals surface area contributed by atoms with E-state index in [1.165, 1.54) is 32.1 Å². The Morgan fingerprint density at radius 2 is 1.04 bits per heavy atom. The summed E-state index contributed by atoms with van der Waals surface area (Å²) in [5.41, 5.74) is 0. The van der Waals surface area contributed by atoms with Crippen LogP contribution in [0.1, 0.15) is 58.3 Å². The minimum atomic E-state index is -3.73. The van der Waals surface area contributed by atoms with E-state index in [1.54, 1.807) is 0 Å². The zero-order valence-corrected chi connectivity index (χ0v) is 18.3. The smallest absolute Gasteiger partial charge is 0.264 e. The Morgan fingerprint density at radius 1 is 0.704 bits per heavy atom. The number of hydrogen-bond donors (Lipinski definition) is 1. The van der Waals surface area contributed by atoms with Crippen LogP contribution in [0.4, 0.5) is 0 Å². The highest BCUT2D eigenvalue weighted by molar-refractivity contribution is 7.85. The van der Waals surface area contributed by atoms with Crippen molar-refractivity contribution in [2.24, 2.45) is 0 Å². The maximum Gasteiger partial charge on any atom is 0.264 e. The van der Waals surface area contributed by atoms with Gasteiger partial charge in [-0.2, -0.15) is 8.42 Å². The molecule has 0 aromatic heterocycles. The monoisotopic (exact) mass is 400 g/mol. The van der Waals surface area contributed by atoms with Crippen LogP contribution >= 0.6 is 0 Å². The quantitative estimate of drug-likeness (QED) is 0.150. The van der Waals surface area contributed by atoms with E-state index in [9.17, 15) is 8.42 Å². The van der Waals surface area contributed by atoms with Crippen LogP contribution in [-0.2, 0) is 10.1 Å². The van der Waals surface area contributed by atoms with E-state index in [1.807, 2.05) is 24.3 Å². The summed E-state index contributed by atoms with van der Waals surface area (Å²) in [5, 5.41) is 0. The molecule has 0 saturated heterocycles. The van der Waals surface area contributed by atoms with E-state index < -0.39 is 10.1 Å². The second-order valence-electron chi connectivity index (χ2n) is 6.99. The van der Waals surface area contributed by atoms with Gasteiger partial charge in [0.25, 0.3) is 10.1 Å². The molecular weight excluding hydrogens is 358 g/mol. The molecule has 0 atom stereocenters. The van der Waals surface area contributed by atoms with Gasteiger partial charge in [0.2, 0.25) is 0 Å². The zero-order chi connectivity index (χ0) is 21.0. The van der Waals surface area contributed by atoms with Crippen LogP contribution < -0.4 is 0 Å². The molecule has 158 valence electrons. The van der Waals surface area contributed by atoms with Gasteiger partial charge >= 0.3 is 0 Å². The third kappa shape index (κ3) is 19.4. The SMILES string of the molecule is C=CC[N+](CC=C)(CC=C)CC=C.CCCCCCCCCCS(=O)(=O)O. The Morgan fingerprint density at radius 3 is 1.33 bits per heavy atom. The molecule has 27 heavy (non-hydrogen) atoms. The summed E-state index contributed by atoms with van der Waals surface area (Å²) < 4.78 is 30.1. The van der Waals surface area contributed by atoms with Crippen molar-refractivity contribution >= 4 is 10.1 Å². The van der Waals surface area contributed by atoms with Crippen molar-refractivity contribution in [1.29, 1.82) is 0 Å². The summed E-state index contributed by atoms with van der Waals surface area (Å²) in [6.07, 6.45) is 16.6. The molecule has 0 rings (SSSR count). The molecule has 0 unspecified atom stereocenters. The maximum atomic E-state index is 10.4. The van der Waals surface area contributed by atoms with Crippen LogP contribution in [0.3, 0.4) is 0 Å². The zero-order valence-electron chi connectivity index (χ0n) is 17.4. The van der Waals surface area contributed by atoms with Crippen molar-refractivity contribution in [3.05, 3.63) is 50.6 Å². The number of hydrogen-bond acceptors (Lipinski definition) is 2. The van der Waals surface area contributed by atoms with Gasteiger partial charge in [-0.25, -0.2) is 0 Å². The van der Waals surface area contributed by atoms with Crippen LogP contribution in [0, 0.1) is 0 Å². The highest BCUT2D eigenvalue weighted by Crippen LogP contribution is 2.09. The van der Waals surface area contributed by atoms with Crippen molar-refractivity contribution in [1.82, 2.24) is 0 Å². The minimum absolute atomic E-state index is 0.0814. The number of rotatable bonds is 17. The molecule has 4 nitrogen and oxygen atoms in total. The van der Waals surface area contributed by atoms with Crippen LogP contribution in [0.25, 0.3) is 0 Å². The fourth-order valence-corrected chi connectivity index (χ4v) is 3.53. The number of unbranched alkanes of at least 4 members (excludes halogenated alkanes) is 7. The third-order valence-corrected chi connectivity index (χ3v) is 5.13. The highest BCUT2D eigenvalue weighted by atomic mass is 32.2. The topological polar surface area (TPSA) is 54.4 Å². The van der Waals surface area contributed by atoms with Crippen molar-refractivity contribution in [3.8, 4) is 0 Å². The van der Waals surface area contributed by atoms with Crippen LogP contribution in [-0.4, -0.2) is 49.4 Å². The molecular formula is C22H42NO3S+. The summed E-state index contributed by atoms with van der Waals surface area (Å²) in [6.45, 7) is 21.0. The first kappa shape index (κ1) is 28.0. The Labute approximate surface area is 168 Å². The fourth-order valence-electron chi connectivity index (χ4n) is 2.96. The molecule has 0 fully saturated rings. The second kappa shape index (κ2) is 18.2. The first-order valence-electron chi connectivity index (χ1n) is 10.0. The molecule has 0 aliphatic rings. The predicted molar refractivity (Wildman–Crippen MR) is 120 cm³/mol. The van der Waals surface area contributed by atoms with E-state index in [2.05, 4.69) is 33.2 Å². The van der Waals surface area contributed by atoms with E-state index in [0.717, 1.165) is 43.5 Å². The molecule has 0 aliphatic carbocycles. The molecule has 0 spiro atoms. The molecule has 1 N–H and O–H groups in total. The van der Waals surface area contributed by atoms with Gasteiger partial charge in [0.1, 0.15) is 0 Å². The summed E-state index contributed by atoms with van der Waals surface area (Å²) in [5.74, 6) is -0.0814. The lowest BCUT2D eigenvalue weighted by Gasteiger charge is -2.35. The largest absolute Gasteiger partial charge is 0.311 e. The molecule has 0 heterocycles. The summed E-state index contributed by atoms with van der Waals surface area (Å²) in [4.78, 5) is 0. The van der Waals surface area contributed by atoms with Crippen LogP contribution in [0.15, 0.2) is 50.6 Å². The van der Waals surface area contributed by atoms with Crippen molar-refractivity contribution in [2.45, 2.75) is 58.3 Å². The van der Waals surface area contributed by atoms with E-state index in [0.29, 0.717) is 6.42 Å². The maximum absolute atomic E-state index is 10.4. The Balaban J connectivity index is 0. The predicted octanol–water partition coefficient (Wildman–Crippen LogP) is 5.56. The second-order valence-corrected chi connectivity index (χ2v) is 8.56. The number of nitrogens with zero attached hydrogens (tertiary/aromatic N) is 1. The highest BCUT2D eigenvalue weighted by Gasteiger charge is 2.20. The van der Waals surface area contributed by atoms with Gasteiger partial charge in [-0.3, -0.25) is 4.55 Å². The Kier molecular flexibility index (Phi) is 18.9. The third-order valence-electron chi connectivity index (χ3n) is 4.32. The van der Waals surface area contributed by atoms with Gasteiger partial charge < -0.3 is 4.48 Å². The van der Waals surface area contributed by atoms with Gasteiger partial charge in [0, 0.05) is 0 Å². The molecule has 0 saturated carbocycles. The van der Waals surface area contributed by atoms with Crippen molar-refractivity contribution in [2.75, 3.05) is 31.9 Å². The average molecular weight is 401 g/mol. The summed E-state index contributed by atoms with van der Waals surface area (Å²) in [7, 11) is -3.73. The molecule has 0 aromatic carbocycles. The van der Waals surface area contributed by atoms with Gasteiger partial charge in [-0.1, -0.05) is 78.2 Å². The first-order valence-corrected chi connectivity index (χ1v) is 11.7. The minimum Gasteiger partial charge on any atom is -0.311 e. The lowest BCUT2D eigenvalue weighted by Crippen LogP contribution is -2.48. The first-order chi connectivity index (χ1) is 12.8. The van der Waals surface area contributed by atoms with E-state index in [4.69, 9.17) is 4.55 Å². The van der Waals surface area contributed by atoms with Gasteiger partial charge in [-0.15, -0.1) is 0 Å². The average Bonchev–Trinajstić information content (AvgIpc) is 2.58. The Hall–Kier alpha value is -1.17. The Bertz CT molecular complexity index is 452. The van der Waals surface area contributed by atoms with Gasteiger partial charge in [0.05, 0.1) is 31.9 Å². The van der Waals surface area contributed by atoms with Gasteiger partial charge in [-0.05, 0) is 30.7 Å². The normalized spacial score (nSPS) is 11.2. The molecule has 0 bridgehead atoms.